The summed E-state index contributed by atoms with van der Waals surface area (Å²) < 4.78 is 24.9. The number of alkyl halides is 2. The number of benzene rings is 1. The van der Waals surface area contributed by atoms with Crippen molar-refractivity contribution >= 4 is 17.4 Å². The van der Waals surface area contributed by atoms with Gasteiger partial charge in [0.1, 0.15) is 5.75 Å². The van der Waals surface area contributed by atoms with E-state index in [9.17, 15) is 13.6 Å². The molecule has 0 saturated carbocycles. The van der Waals surface area contributed by atoms with Crippen molar-refractivity contribution in [2.45, 2.75) is 13.3 Å². The van der Waals surface area contributed by atoms with E-state index in [4.69, 9.17) is 16.7 Å². The largest absolute Gasteiger partial charge is 0.508 e. The van der Waals surface area contributed by atoms with E-state index in [1.54, 1.807) is 0 Å². The summed E-state index contributed by atoms with van der Waals surface area (Å²) in [6, 6.07) is 1.90. The van der Waals surface area contributed by atoms with E-state index in [2.05, 4.69) is 0 Å². The third-order valence-electron chi connectivity index (χ3n) is 1.69. The molecule has 0 atom stereocenters. The van der Waals surface area contributed by atoms with Gasteiger partial charge in [0.2, 0.25) is 0 Å². The van der Waals surface area contributed by atoms with E-state index < -0.39 is 17.8 Å². The van der Waals surface area contributed by atoms with Gasteiger partial charge in [0, 0.05) is 11.1 Å². The number of phenols is 1. The number of phenolic OH excluding ortho intramolecular Hbond substituents is 1. The number of carbonyl (C=O) groups excluding carboxylic acids is 1. The minimum absolute atomic E-state index is 0.159. The average Bonchev–Trinajstić information content (AvgIpc) is 2.01. The molecule has 0 saturated heterocycles. The Kier molecular flexibility index (Phi) is 3.06. The summed E-state index contributed by atoms with van der Waals surface area (Å²) in [7, 11) is 0. The summed E-state index contributed by atoms with van der Waals surface area (Å²) in [4.78, 5) is 11.0. The van der Waals surface area contributed by atoms with Crippen LogP contribution in [-0.2, 0) is 0 Å². The Morgan fingerprint density at radius 1 is 1.50 bits per heavy atom. The van der Waals surface area contributed by atoms with Crippen LogP contribution in [0.5, 0.6) is 5.75 Å². The van der Waals surface area contributed by atoms with Gasteiger partial charge >= 0.3 is 0 Å². The van der Waals surface area contributed by atoms with Crippen molar-refractivity contribution in [3.8, 4) is 5.75 Å². The molecule has 5 heteroatoms. The lowest BCUT2D eigenvalue weighted by atomic mass is 10.0. The molecule has 0 aliphatic rings. The monoisotopic (exact) mass is 220 g/mol. The number of ketones is 1. The molecule has 0 unspecified atom stereocenters. The normalized spacial score (nSPS) is 10.6. The first kappa shape index (κ1) is 10.9. The summed E-state index contributed by atoms with van der Waals surface area (Å²) >= 11 is 5.56. The van der Waals surface area contributed by atoms with Gasteiger partial charge in [-0.05, 0) is 19.1 Å². The first-order valence-corrected chi connectivity index (χ1v) is 4.12. The van der Waals surface area contributed by atoms with Crippen LogP contribution in [0.3, 0.4) is 0 Å². The molecule has 0 radical (unpaired) electrons. The van der Waals surface area contributed by atoms with Crippen molar-refractivity contribution in [2.24, 2.45) is 0 Å². The van der Waals surface area contributed by atoms with Gasteiger partial charge in [-0.15, -0.1) is 0 Å². The maximum atomic E-state index is 12.4. The van der Waals surface area contributed by atoms with Gasteiger partial charge in [-0.25, -0.2) is 8.78 Å². The highest BCUT2D eigenvalue weighted by atomic mass is 35.5. The number of rotatable bonds is 2. The first-order valence-electron chi connectivity index (χ1n) is 3.75. The Morgan fingerprint density at radius 2 is 2.07 bits per heavy atom. The maximum Gasteiger partial charge on any atom is 0.264 e. The highest BCUT2D eigenvalue weighted by Gasteiger charge is 2.20. The summed E-state index contributed by atoms with van der Waals surface area (Å²) in [5.41, 5.74) is -0.776. The van der Waals surface area contributed by atoms with E-state index >= 15 is 0 Å². The van der Waals surface area contributed by atoms with Crippen LogP contribution in [-0.4, -0.2) is 10.9 Å². The molecular formula is C9H7ClF2O2. The molecule has 1 aromatic rings. The number of Topliss-reactive ketones (excluding diaryl/α,β-unsaturated/α-hetero) is 1. The SMILES string of the molecule is CC(=O)c1c(Cl)cc(O)cc1C(F)F. The van der Waals surface area contributed by atoms with Crippen LogP contribution in [0.4, 0.5) is 8.78 Å². The van der Waals surface area contributed by atoms with Crippen LogP contribution in [0.15, 0.2) is 12.1 Å². The molecule has 76 valence electrons. The van der Waals surface area contributed by atoms with Crippen molar-refractivity contribution < 1.29 is 18.7 Å². The third-order valence-corrected chi connectivity index (χ3v) is 1.99. The lowest BCUT2D eigenvalue weighted by Crippen LogP contribution is -2.01. The number of hydrogen-bond donors (Lipinski definition) is 1. The molecular weight excluding hydrogens is 214 g/mol. The molecule has 0 aliphatic heterocycles. The quantitative estimate of drug-likeness (QED) is 0.778. The summed E-state index contributed by atoms with van der Waals surface area (Å²) in [6.45, 7) is 1.14. The van der Waals surface area contributed by atoms with Crippen molar-refractivity contribution in [1.29, 1.82) is 0 Å². The molecule has 0 aromatic heterocycles. The first-order chi connectivity index (χ1) is 6.43. The van der Waals surface area contributed by atoms with Gasteiger partial charge in [-0.2, -0.15) is 0 Å². The molecule has 0 fully saturated rings. The van der Waals surface area contributed by atoms with E-state index in [0.717, 1.165) is 19.1 Å². The minimum atomic E-state index is -2.83. The zero-order valence-corrected chi connectivity index (χ0v) is 7.98. The van der Waals surface area contributed by atoms with Crippen molar-refractivity contribution in [3.05, 3.63) is 28.3 Å². The van der Waals surface area contributed by atoms with Crippen LogP contribution in [0.25, 0.3) is 0 Å². The molecule has 14 heavy (non-hydrogen) atoms. The summed E-state index contributed by atoms with van der Waals surface area (Å²) in [6.07, 6.45) is -2.83. The highest BCUT2D eigenvalue weighted by molar-refractivity contribution is 6.34. The Balaban J connectivity index is 3.44. The van der Waals surface area contributed by atoms with Crippen LogP contribution >= 0.6 is 11.6 Å². The van der Waals surface area contributed by atoms with E-state index in [1.807, 2.05) is 0 Å². The second-order valence-electron chi connectivity index (χ2n) is 2.75. The molecule has 0 spiro atoms. The number of hydrogen-bond acceptors (Lipinski definition) is 2. The molecule has 2 nitrogen and oxygen atoms in total. The predicted octanol–water partition coefficient (Wildman–Crippen LogP) is 3.19. The Labute approximate surface area is 84.1 Å². The topological polar surface area (TPSA) is 37.3 Å². The molecule has 0 heterocycles. The van der Waals surface area contributed by atoms with Gasteiger partial charge < -0.3 is 5.11 Å². The van der Waals surface area contributed by atoms with Crippen LogP contribution in [0.2, 0.25) is 5.02 Å². The van der Waals surface area contributed by atoms with E-state index in [1.165, 1.54) is 0 Å². The smallest absolute Gasteiger partial charge is 0.264 e. The lowest BCUT2D eigenvalue weighted by Gasteiger charge is -2.08. The van der Waals surface area contributed by atoms with E-state index in [0.29, 0.717) is 0 Å². The molecule has 0 aliphatic carbocycles. The minimum Gasteiger partial charge on any atom is -0.508 e. The van der Waals surface area contributed by atoms with Crippen molar-refractivity contribution in [1.82, 2.24) is 0 Å². The maximum absolute atomic E-state index is 12.4. The lowest BCUT2D eigenvalue weighted by molar-refractivity contribution is 0.0999. The fourth-order valence-electron chi connectivity index (χ4n) is 1.16. The van der Waals surface area contributed by atoms with Gasteiger partial charge in [0.25, 0.3) is 6.43 Å². The molecule has 1 rings (SSSR count). The standard InChI is InChI=1S/C9H7ClF2O2/c1-4(13)8-6(9(11)12)2-5(14)3-7(8)10/h2-3,9,14H,1H3. The predicted molar refractivity (Wildman–Crippen MR) is 48.1 cm³/mol. The molecule has 1 aromatic carbocycles. The van der Waals surface area contributed by atoms with Crippen molar-refractivity contribution in [2.75, 3.05) is 0 Å². The summed E-state index contributed by atoms with van der Waals surface area (Å²) in [5.74, 6) is -0.930. The number of halogens is 3. The Morgan fingerprint density at radius 3 is 2.50 bits per heavy atom. The Bertz CT molecular complexity index is 377. The number of carbonyl (C=O) groups is 1. The van der Waals surface area contributed by atoms with Gasteiger partial charge in [0.05, 0.1) is 5.02 Å². The van der Waals surface area contributed by atoms with Crippen LogP contribution in [0.1, 0.15) is 29.3 Å². The molecule has 0 bridgehead atoms. The zero-order chi connectivity index (χ0) is 10.9. The molecule has 1 N–H and O–H groups in total. The molecule has 0 amide bonds. The second kappa shape index (κ2) is 3.92. The fourth-order valence-corrected chi connectivity index (χ4v) is 1.51. The average molecular weight is 221 g/mol. The highest BCUT2D eigenvalue weighted by Crippen LogP contribution is 2.32. The fraction of sp³-hybridized carbons (Fsp3) is 0.222. The van der Waals surface area contributed by atoms with E-state index in [-0.39, 0.29) is 16.3 Å². The summed E-state index contributed by atoms with van der Waals surface area (Å²) in [5, 5.41) is 8.86. The van der Waals surface area contributed by atoms with Crippen LogP contribution in [0, 0.1) is 0 Å². The van der Waals surface area contributed by atoms with Gasteiger partial charge in [-0.3, -0.25) is 4.79 Å². The van der Waals surface area contributed by atoms with Crippen LogP contribution < -0.4 is 0 Å². The zero-order valence-electron chi connectivity index (χ0n) is 7.22. The van der Waals surface area contributed by atoms with Gasteiger partial charge in [-0.1, -0.05) is 11.6 Å². The number of aromatic hydroxyl groups is 1. The van der Waals surface area contributed by atoms with Gasteiger partial charge in [0.15, 0.2) is 5.78 Å². The third kappa shape index (κ3) is 2.01. The van der Waals surface area contributed by atoms with Crippen molar-refractivity contribution in [3.63, 3.8) is 0 Å². The Hall–Kier alpha value is -1.16. The second-order valence-corrected chi connectivity index (χ2v) is 3.16.